The quantitative estimate of drug-likeness (QED) is 0.755. The zero-order valence-electron chi connectivity index (χ0n) is 11.8. The predicted molar refractivity (Wildman–Crippen MR) is 84.7 cm³/mol. The van der Waals surface area contributed by atoms with Gasteiger partial charge in [-0.15, -0.1) is 11.3 Å². The van der Waals surface area contributed by atoms with E-state index in [0.29, 0.717) is 0 Å². The Morgan fingerprint density at radius 2 is 1.95 bits per heavy atom. The smallest absolute Gasteiger partial charge is 0.119 e. The first-order chi connectivity index (χ1) is 9.83. The number of aliphatic hydroxyl groups excluding tert-OH is 1. The van der Waals surface area contributed by atoms with Crippen molar-refractivity contribution >= 4 is 17.0 Å². The van der Waals surface area contributed by atoms with E-state index in [1.807, 2.05) is 12.1 Å². The molecule has 0 spiro atoms. The Morgan fingerprint density at radius 1 is 1.15 bits per heavy atom. The van der Waals surface area contributed by atoms with Gasteiger partial charge in [0.25, 0.3) is 0 Å². The van der Waals surface area contributed by atoms with Crippen LogP contribution in [-0.4, -0.2) is 25.4 Å². The Bertz CT molecular complexity index is 482. The molecule has 0 aliphatic carbocycles. The number of unbranched alkanes of at least 4 members (excludes halogenated alkanes) is 1. The molecule has 0 fully saturated rings. The van der Waals surface area contributed by atoms with E-state index >= 15 is 0 Å². The fraction of sp³-hybridized carbons (Fsp3) is 0.375. The Hall–Kier alpha value is -1.52. The van der Waals surface area contributed by atoms with Crippen LogP contribution in [0.5, 0.6) is 5.75 Å². The van der Waals surface area contributed by atoms with Gasteiger partial charge in [-0.2, -0.15) is 0 Å². The first-order valence-electron chi connectivity index (χ1n) is 6.85. The summed E-state index contributed by atoms with van der Waals surface area (Å²) in [7, 11) is 1.68. The van der Waals surface area contributed by atoms with Gasteiger partial charge in [-0.05, 0) is 48.6 Å². The van der Waals surface area contributed by atoms with Gasteiger partial charge < -0.3 is 14.7 Å². The second-order valence-corrected chi connectivity index (χ2v) is 5.66. The van der Waals surface area contributed by atoms with Gasteiger partial charge in [-0.25, -0.2) is 0 Å². The largest absolute Gasteiger partial charge is 0.497 e. The van der Waals surface area contributed by atoms with Gasteiger partial charge >= 0.3 is 0 Å². The van der Waals surface area contributed by atoms with Gasteiger partial charge in [0.2, 0.25) is 0 Å². The van der Waals surface area contributed by atoms with Crippen molar-refractivity contribution in [3.63, 3.8) is 0 Å². The molecule has 2 rings (SSSR count). The molecular weight excluding hydrogens is 270 g/mol. The molecule has 1 N–H and O–H groups in total. The molecule has 4 heteroatoms. The summed E-state index contributed by atoms with van der Waals surface area (Å²) in [5, 5.41) is 11.0. The molecule has 0 radical (unpaired) electrons. The molecule has 0 aliphatic heterocycles. The molecule has 0 saturated carbocycles. The first kappa shape index (κ1) is 14.9. The zero-order valence-corrected chi connectivity index (χ0v) is 12.6. The summed E-state index contributed by atoms with van der Waals surface area (Å²) >= 11 is 1.78. The maximum atomic E-state index is 8.94. The number of hydrogen-bond acceptors (Lipinski definition) is 4. The molecule has 0 saturated heterocycles. The van der Waals surface area contributed by atoms with E-state index in [0.717, 1.165) is 31.7 Å². The normalized spacial score (nSPS) is 10.5. The van der Waals surface area contributed by atoms with Gasteiger partial charge in [0, 0.05) is 23.7 Å². The highest BCUT2D eigenvalue weighted by atomic mass is 32.1. The van der Waals surface area contributed by atoms with Gasteiger partial charge in [-0.3, -0.25) is 0 Å². The Kier molecular flexibility index (Phi) is 5.89. The summed E-state index contributed by atoms with van der Waals surface area (Å²) in [5.74, 6) is 0.875. The third kappa shape index (κ3) is 4.25. The number of aliphatic hydroxyl groups is 1. The SMILES string of the molecule is COc1ccc(N(CCCCO)Cc2cccs2)cc1. The molecule has 0 unspecified atom stereocenters. The molecule has 1 aromatic carbocycles. The van der Waals surface area contributed by atoms with Crippen molar-refractivity contribution in [2.24, 2.45) is 0 Å². The van der Waals surface area contributed by atoms with Gasteiger partial charge in [0.15, 0.2) is 0 Å². The lowest BCUT2D eigenvalue weighted by Crippen LogP contribution is -2.23. The van der Waals surface area contributed by atoms with E-state index in [2.05, 4.69) is 34.5 Å². The summed E-state index contributed by atoms with van der Waals surface area (Å²) in [4.78, 5) is 3.70. The van der Waals surface area contributed by atoms with Crippen molar-refractivity contribution in [3.05, 3.63) is 46.7 Å². The van der Waals surface area contributed by atoms with Gasteiger partial charge in [0.05, 0.1) is 13.7 Å². The molecule has 0 amide bonds. The van der Waals surface area contributed by atoms with Crippen LogP contribution in [0.25, 0.3) is 0 Å². The average molecular weight is 291 g/mol. The maximum absolute atomic E-state index is 8.94. The molecule has 20 heavy (non-hydrogen) atoms. The average Bonchev–Trinajstić information content (AvgIpc) is 3.00. The van der Waals surface area contributed by atoms with E-state index in [-0.39, 0.29) is 6.61 Å². The lowest BCUT2D eigenvalue weighted by molar-refractivity contribution is 0.285. The first-order valence-corrected chi connectivity index (χ1v) is 7.73. The number of methoxy groups -OCH3 is 1. The van der Waals surface area contributed by atoms with Crippen molar-refractivity contribution in [2.75, 3.05) is 25.2 Å². The fourth-order valence-corrected chi connectivity index (χ4v) is 2.82. The minimum Gasteiger partial charge on any atom is -0.497 e. The molecule has 1 aromatic heterocycles. The third-order valence-corrected chi connectivity index (χ3v) is 4.06. The van der Waals surface area contributed by atoms with Crippen LogP contribution in [0.3, 0.4) is 0 Å². The monoisotopic (exact) mass is 291 g/mol. The van der Waals surface area contributed by atoms with Crippen LogP contribution in [0.1, 0.15) is 17.7 Å². The standard InChI is InChI=1S/C16H21NO2S/c1-19-15-8-6-14(7-9-15)17(10-2-3-11-18)13-16-5-4-12-20-16/h4-9,12,18H,2-3,10-11,13H2,1H3. The van der Waals surface area contributed by atoms with Gasteiger partial charge in [-0.1, -0.05) is 6.07 Å². The summed E-state index contributed by atoms with van der Waals surface area (Å²) in [6, 6.07) is 12.4. The Labute approximate surface area is 124 Å². The van der Waals surface area contributed by atoms with Gasteiger partial charge in [0.1, 0.15) is 5.75 Å². The molecule has 3 nitrogen and oxygen atoms in total. The maximum Gasteiger partial charge on any atom is 0.119 e. The number of hydrogen-bond donors (Lipinski definition) is 1. The molecule has 108 valence electrons. The van der Waals surface area contributed by atoms with Crippen LogP contribution in [0.15, 0.2) is 41.8 Å². The van der Waals surface area contributed by atoms with Crippen LogP contribution in [0, 0.1) is 0 Å². The second kappa shape index (κ2) is 7.92. The van der Waals surface area contributed by atoms with E-state index in [1.54, 1.807) is 18.4 Å². The van der Waals surface area contributed by atoms with Crippen molar-refractivity contribution in [3.8, 4) is 5.75 Å². The van der Waals surface area contributed by atoms with Crippen molar-refractivity contribution in [1.29, 1.82) is 0 Å². The summed E-state index contributed by atoms with van der Waals surface area (Å²) in [6.07, 6.45) is 1.84. The van der Waals surface area contributed by atoms with Crippen molar-refractivity contribution < 1.29 is 9.84 Å². The van der Waals surface area contributed by atoms with E-state index < -0.39 is 0 Å². The molecule has 0 bridgehead atoms. The van der Waals surface area contributed by atoms with Crippen LogP contribution < -0.4 is 9.64 Å². The Morgan fingerprint density at radius 3 is 2.55 bits per heavy atom. The molecular formula is C16H21NO2S. The lowest BCUT2D eigenvalue weighted by Gasteiger charge is -2.24. The highest BCUT2D eigenvalue weighted by Crippen LogP contribution is 2.23. The van der Waals surface area contributed by atoms with E-state index in [4.69, 9.17) is 9.84 Å². The minimum absolute atomic E-state index is 0.259. The number of rotatable bonds is 8. The molecule has 2 aromatic rings. The topological polar surface area (TPSA) is 32.7 Å². The van der Waals surface area contributed by atoms with Crippen LogP contribution >= 0.6 is 11.3 Å². The van der Waals surface area contributed by atoms with Crippen LogP contribution in [0.4, 0.5) is 5.69 Å². The highest BCUT2D eigenvalue weighted by molar-refractivity contribution is 7.09. The van der Waals surface area contributed by atoms with Crippen molar-refractivity contribution in [1.82, 2.24) is 0 Å². The van der Waals surface area contributed by atoms with E-state index in [9.17, 15) is 0 Å². The number of nitrogens with zero attached hydrogens (tertiary/aromatic N) is 1. The number of thiophene rings is 1. The summed E-state index contributed by atoms with van der Waals surface area (Å²) < 4.78 is 5.20. The zero-order chi connectivity index (χ0) is 14.2. The van der Waals surface area contributed by atoms with Crippen molar-refractivity contribution in [2.45, 2.75) is 19.4 Å². The number of ether oxygens (including phenoxy) is 1. The summed E-state index contributed by atoms with van der Waals surface area (Å²) in [6.45, 7) is 2.12. The molecule has 0 aliphatic rings. The third-order valence-electron chi connectivity index (χ3n) is 3.20. The Balaban J connectivity index is 2.07. The number of benzene rings is 1. The van der Waals surface area contributed by atoms with E-state index in [1.165, 1.54) is 10.6 Å². The number of anilines is 1. The lowest BCUT2D eigenvalue weighted by atomic mass is 10.2. The minimum atomic E-state index is 0.259. The summed E-state index contributed by atoms with van der Waals surface area (Å²) in [5.41, 5.74) is 1.19. The molecule has 0 atom stereocenters. The predicted octanol–water partition coefficient (Wildman–Crippen LogP) is 3.54. The van der Waals surface area contributed by atoms with Crippen LogP contribution in [0.2, 0.25) is 0 Å². The second-order valence-electron chi connectivity index (χ2n) is 4.63. The fourth-order valence-electron chi connectivity index (χ4n) is 2.10. The molecule has 1 heterocycles. The van der Waals surface area contributed by atoms with Crippen LogP contribution in [-0.2, 0) is 6.54 Å². The highest BCUT2D eigenvalue weighted by Gasteiger charge is 2.08.